The smallest absolute Gasteiger partial charge is 0.355 e. The molecule has 2 rings (SSSR count). The minimum atomic E-state index is -1.02. The van der Waals surface area contributed by atoms with Gasteiger partial charge in [-0.05, 0) is 12.1 Å². The summed E-state index contributed by atoms with van der Waals surface area (Å²) in [5, 5.41) is 10.8. The van der Waals surface area contributed by atoms with E-state index < -0.39 is 5.97 Å². The molecule has 0 aliphatic carbocycles. The molecule has 0 bridgehead atoms. The molecule has 6 heteroatoms. The third-order valence-corrected chi connectivity index (χ3v) is 2.59. The summed E-state index contributed by atoms with van der Waals surface area (Å²) < 4.78 is 5.38. The van der Waals surface area contributed by atoms with Crippen LogP contribution in [0.5, 0.6) is 5.75 Å². The Morgan fingerprint density at radius 3 is 3.06 bits per heavy atom. The fraction of sp³-hybridized carbons (Fsp3) is 0.100. The van der Waals surface area contributed by atoms with E-state index in [1.165, 1.54) is 16.7 Å². The van der Waals surface area contributed by atoms with Crippen molar-refractivity contribution in [2.24, 2.45) is 0 Å². The Hall–Kier alpha value is -1.95. The SMILES string of the molecule is O=C(O)c1csc(COc2cccnc2)n1. The lowest BCUT2D eigenvalue weighted by molar-refractivity contribution is 0.0691. The van der Waals surface area contributed by atoms with Crippen LogP contribution in [0.25, 0.3) is 0 Å². The topological polar surface area (TPSA) is 72.3 Å². The zero-order valence-electron chi connectivity index (χ0n) is 8.16. The first-order chi connectivity index (χ1) is 7.75. The summed E-state index contributed by atoms with van der Waals surface area (Å²) >= 11 is 1.26. The summed E-state index contributed by atoms with van der Waals surface area (Å²) in [5.41, 5.74) is 0.0507. The van der Waals surface area contributed by atoms with E-state index in [-0.39, 0.29) is 12.3 Å². The standard InChI is InChI=1S/C10H8N2O3S/c13-10(14)8-6-16-9(12-8)5-15-7-2-1-3-11-4-7/h1-4,6H,5H2,(H,13,14). The fourth-order valence-corrected chi connectivity index (χ4v) is 1.73. The van der Waals surface area contributed by atoms with Crippen LogP contribution in [0.4, 0.5) is 0 Å². The van der Waals surface area contributed by atoms with Gasteiger partial charge in [-0.1, -0.05) is 0 Å². The van der Waals surface area contributed by atoms with E-state index in [0.29, 0.717) is 10.8 Å². The average molecular weight is 236 g/mol. The van der Waals surface area contributed by atoms with Gasteiger partial charge >= 0.3 is 5.97 Å². The highest BCUT2D eigenvalue weighted by Crippen LogP contribution is 2.14. The summed E-state index contributed by atoms with van der Waals surface area (Å²) in [6.07, 6.45) is 3.24. The third-order valence-electron chi connectivity index (χ3n) is 1.77. The Labute approximate surface area is 95.4 Å². The lowest BCUT2D eigenvalue weighted by Crippen LogP contribution is -1.99. The van der Waals surface area contributed by atoms with Gasteiger partial charge in [-0.25, -0.2) is 9.78 Å². The van der Waals surface area contributed by atoms with Crippen LogP contribution in [-0.2, 0) is 6.61 Å². The normalized spacial score (nSPS) is 10.0. The van der Waals surface area contributed by atoms with E-state index in [1.54, 1.807) is 24.5 Å². The molecular formula is C10H8N2O3S. The first-order valence-electron chi connectivity index (χ1n) is 4.46. The van der Waals surface area contributed by atoms with Gasteiger partial charge in [-0.2, -0.15) is 0 Å². The number of rotatable bonds is 4. The maximum absolute atomic E-state index is 10.6. The number of thiazole rings is 1. The number of carboxylic acid groups (broad SMARTS) is 1. The van der Waals surface area contributed by atoms with Gasteiger partial charge in [0.25, 0.3) is 0 Å². The second-order valence-electron chi connectivity index (χ2n) is 2.91. The van der Waals surface area contributed by atoms with E-state index >= 15 is 0 Å². The van der Waals surface area contributed by atoms with Crippen molar-refractivity contribution in [1.29, 1.82) is 0 Å². The molecule has 0 saturated carbocycles. The third kappa shape index (κ3) is 2.54. The Bertz CT molecular complexity index is 484. The van der Waals surface area contributed by atoms with Crippen molar-refractivity contribution >= 4 is 17.3 Å². The molecule has 1 N–H and O–H groups in total. The second kappa shape index (κ2) is 4.71. The minimum Gasteiger partial charge on any atom is -0.485 e. The molecule has 2 aromatic rings. The largest absolute Gasteiger partial charge is 0.485 e. The van der Waals surface area contributed by atoms with Gasteiger partial charge in [0.15, 0.2) is 5.69 Å². The summed E-state index contributed by atoms with van der Waals surface area (Å²) in [5.74, 6) is -0.390. The van der Waals surface area contributed by atoms with Crippen LogP contribution in [0.2, 0.25) is 0 Å². The minimum absolute atomic E-state index is 0.0507. The van der Waals surface area contributed by atoms with Crippen LogP contribution < -0.4 is 4.74 Å². The molecule has 5 nitrogen and oxygen atoms in total. The molecule has 0 saturated heterocycles. The molecule has 0 aliphatic rings. The lowest BCUT2D eigenvalue weighted by atomic mass is 10.5. The molecule has 0 fully saturated rings. The number of carboxylic acids is 1. The van der Waals surface area contributed by atoms with Crippen LogP contribution in [0.1, 0.15) is 15.5 Å². The van der Waals surface area contributed by atoms with E-state index in [1.807, 2.05) is 0 Å². The van der Waals surface area contributed by atoms with Crippen molar-refractivity contribution in [3.63, 3.8) is 0 Å². The lowest BCUT2D eigenvalue weighted by Gasteiger charge is -2.01. The molecule has 0 spiro atoms. The number of aromatic carboxylic acids is 1. The van der Waals surface area contributed by atoms with E-state index in [4.69, 9.17) is 9.84 Å². The molecule has 0 atom stereocenters. The first-order valence-corrected chi connectivity index (χ1v) is 5.34. The summed E-state index contributed by atoms with van der Waals surface area (Å²) in [7, 11) is 0. The Kier molecular flexibility index (Phi) is 3.11. The number of hydrogen-bond donors (Lipinski definition) is 1. The molecule has 0 radical (unpaired) electrons. The van der Waals surface area contributed by atoms with Gasteiger partial charge in [0, 0.05) is 11.6 Å². The summed E-state index contributed by atoms with van der Waals surface area (Å²) in [6, 6.07) is 3.54. The van der Waals surface area contributed by atoms with E-state index in [0.717, 1.165) is 0 Å². The monoisotopic (exact) mass is 236 g/mol. The highest BCUT2D eigenvalue weighted by atomic mass is 32.1. The van der Waals surface area contributed by atoms with Crippen LogP contribution in [-0.4, -0.2) is 21.0 Å². The average Bonchev–Trinajstić information content (AvgIpc) is 2.76. The zero-order chi connectivity index (χ0) is 11.4. The highest BCUT2D eigenvalue weighted by molar-refractivity contribution is 7.09. The zero-order valence-corrected chi connectivity index (χ0v) is 8.98. The number of hydrogen-bond acceptors (Lipinski definition) is 5. The Balaban J connectivity index is 1.97. The summed E-state index contributed by atoms with van der Waals surface area (Å²) in [4.78, 5) is 18.4. The van der Waals surface area contributed by atoms with Gasteiger partial charge in [-0.3, -0.25) is 4.98 Å². The quantitative estimate of drug-likeness (QED) is 0.876. The number of ether oxygens (including phenoxy) is 1. The van der Waals surface area contributed by atoms with Crippen LogP contribution in [0.15, 0.2) is 29.9 Å². The van der Waals surface area contributed by atoms with Gasteiger partial charge in [0.05, 0.1) is 6.20 Å². The number of pyridine rings is 1. The fourth-order valence-electron chi connectivity index (χ4n) is 1.05. The molecule has 0 aliphatic heterocycles. The van der Waals surface area contributed by atoms with Crippen molar-refractivity contribution < 1.29 is 14.6 Å². The first kappa shape index (κ1) is 10.6. The molecule has 82 valence electrons. The van der Waals surface area contributed by atoms with Crippen molar-refractivity contribution in [3.05, 3.63) is 40.6 Å². The van der Waals surface area contributed by atoms with Crippen LogP contribution in [0.3, 0.4) is 0 Å². The van der Waals surface area contributed by atoms with Crippen molar-refractivity contribution in [2.45, 2.75) is 6.61 Å². The van der Waals surface area contributed by atoms with Gasteiger partial charge < -0.3 is 9.84 Å². The molecule has 16 heavy (non-hydrogen) atoms. The molecule has 2 aromatic heterocycles. The maximum Gasteiger partial charge on any atom is 0.355 e. The van der Waals surface area contributed by atoms with Crippen molar-refractivity contribution in [2.75, 3.05) is 0 Å². The van der Waals surface area contributed by atoms with Gasteiger partial charge in [0.2, 0.25) is 0 Å². The molecule has 0 unspecified atom stereocenters. The van der Waals surface area contributed by atoms with Gasteiger partial charge in [-0.15, -0.1) is 11.3 Å². The van der Waals surface area contributed by atoms with Crippen LogP contribution >= 0.6 is 11.3 Å². The Morgan fingerprint density at radius 1 is 1.56 bits per heavy atom. The van der Waals surface area contributed by atoms with Crippen molar-refractivity contribution in [1.82, 2.24) is 9.97 Å². The molecule has 0 aromatic carbocycles. The Morgan fingerprint density at radius 2 is 2.44 bits per heavy atom. The van der Waals surface area contributed by atoms with E-state index in [9.17, 15) is 4.79 Å². The molecule has 0 amide bonds. The maximum atomic E-state index is 10.6. The van der Waals surface area contributed by atoms with Gasteiger partial charge in [0.1, 0.15) is 17.4 Å². The number of carbonyl (C=O) groups is 1. The number of aromatic nitrogens is 2. The summed E-state index contributed by atoms with van der Waals surface area (Å²) in [6.45, 7) is 0.254. The van der Waals surface area contributed by atoms with E-state index in [2.05, 4.69) is 9.97 Å². The van der Waals surface area contributed by atoms with Crippen LogP contribution in [0, 0.1) is 0 Å². The molecule has 2 heterocycles. The second-order valence-corrected chi connectivity index (χ2v) is 3.85. The predicted molar refractivity (Wildman–Crippen MR) is 57.6 cm³/mol. The highest BCUT2D eigenvalue weighted by Gasteiger charge is 2.08. The predicted octanol–water partition coefficient (Wildman–Crippen LogP) is 1.82. The molecular weight excluding hydrogens is 228 g/mol. The van der Waals surface area contributed by atoms with Crippen molar-refractivity contribution in [3.8, 4) is 5.75 Å². The number of nitrogens with zero attached hydrogens (tertiary/aromatic N) is 2.